The van der Waals surface area contributed by atoms with Crippen LogP contribution in [0.5, 0.6) is 0 Å². The first-order valence-corrected chi connectivity index (χ1v) is 6.54. The molecule has 0 bridgehead atoms. The molecule has 19 heavy (non-hydrogen) atoms. The normalized spacial score (nSPS) is 18.5. The Hall–Kier alpha value is -2.04. The zero-order valence-corrected chi connectivity index (χ0v) is 11.5. The second kappa shape index (κ2) is 4.26. The highest BCUT2D eigenvalue weighted by Crippen LogP contribution is 2.27. The first-order valence-electron chi connectivity index (χ1n) is 6.54. The van der Waals surface area contributed by atoms with Crippen LogP contribution in [0.2, 0.25) is 0 Å². The smallest absolute Gasteiger partial charge is 0.257 e. The van der Waals surface area contributed by atoms with Crippen molar-refractivity contribution in [3.8, 4) is 0 Å². The number of hydrogen-bond donors (Lipinski definition) is 0. The molecule has 5 nitrogen and oxygen atoms in total. The van der Waals surface area contributed by atoms with Crippen molar-refractivity contribution in [3.63, 3.8) is 0 Å². The summed E-state index contributed by atoms with van der Waals surface area (Å²) >= 11 is 0. The van der Waals surface area contributed by atoms with Crippen LogP contribution in [0.4, 0.5) is 0 Å². The molecule has 5 heteroatoms. The van der Waals surface area contributed by atoms with Crippen molar-refractivity contribution in [2.45, 2.75) is 26.4 Å². The molecule has 1 aliphatic heterocycles. The fourth-order valence-corrected chi connectivity index (χ4v) is 2.72. The third-order valence-electron chi connectivity index (χ3n) is 4.07. The Labute approximate surface area is 112 Å². The number of amides is 1. The quantitative estimate of drug-likeness (QED) is 0.782. The van der Waals surface area contributed by atoms with E-state index in [4.69, 9.17) is 0 Å². The first kappa shape index (κ1) is 12.0. The molecule has 2 aromatic rings. The number of rotatable bonds is 1. The second-order valence-electron chi connectivity index (χ2n) is 5.07. The van der Waals surface area contributed by atoms with Crippen LogP contribution in [0.15, 0.2) is 24.5 Å². The third kappa shape index (κ3) is 1.77. The second-order valence-corrected chi connectivity index (χ2v) is 5.07. The molecule has 1 amide bonds. The summed E-state index contributed by atoms with van der Waals surface area (Å²) in [5.41, 5.74) is 2.81. The lowest BCUT2D eigenvalue weighted by molar-refractivity contribution is 0.0643. The number of nitrogens with zero attached hydrogens (tertiary/aromatic N) is 4. The summed E-state index contributed by atoms with van der Waals surface area (Å²) in [5.74, 6) is 0.0746. The largest absolute Gasteiger partial charge is 0.348 e. The van der Waals surface area contributed by atoms with E-state index < -0.39 is 0 Å². The van der Waals surface area contributed by atoms with Gasteiger partial charge in [0.25, 0.3) is 5.91 Å². The molecular formula is C14H18N4O. The average molecular weight is 258 g/mol. The lowest BCUT2D eigenvalue weighted by atomic mass is 10.1. The molecule has 0 N–H and O–H groups in total. The van der Waals surface area contributed by atoms with Crippen LogP contribution in [0.1, 0.15) is 34.7 Å². The van der Waals surface area contributed by atoms with Crippen molar-refractivity contribution < 1.29 is 4.79 Å². The fourth-order valence-electron chi connectivity index (χ4n) is 2.72. The van der Waals surface area contributed by atoms with Gasteiger partial charge in [-0.05, 0) is 26.0 Å². The zero-order chi connectivity index (χ0) is 13.6. The minimum Gasteiger partial charge on any atom is -0.348 e. The van der Waals surface area contributed by atoms with Crippen molar-refractivity contribution in [1.29, 1.82) is 0 Å². The Morgan fingerprint density at radius 3 is 2.89 bits per heavy atom. The minimum atomic E-state index is 0.0746. The minimum absolute atomic E-state index is 0.0746. The Bertz CT molecular complexity index is 625. The monoisotopic (exact) mass is 258 g/mol. The van der Waals surface area contributed by atoms with Gasteiger partial charge < -0.3 is 9.47 Å². The molecule has 0 aliphatic carbocycles. The Morgan fingerprint density at radius 1 is 1.42 bits per heavy atom. The van der Waals surface area contributed by atoms with E-state index in [1.165, 1.54) is 5.69 Å². The summed E-state index contributed by atoms with van der Waals surface area (Å²) in [6.45, 7) is 5.61. The van der Waals surface area contributed by atoms with Gasteiger partial charge in [0, 0.05) is 37.7 Å². The summed E-state index contributed by atoms with van der Waals surface area (Å²) in [7, 11) is 1.86. The summed E-state index contributed by atoms with van der Waals surface area (Å²) < 4.78 is 3.95. The standard InChI is InChI=1S/C14H18N4O/c1-10-12(9-15-16(10)3)14(19)18-8-7-17-6-4-5-13(17)11(18)2/h4-6,9,11H,7-8H2,1-3H3. The fraction of sp³-hybridized carbons (Fsp3) is 0.429. The van der Waals surface area contributed by atoms with Crippen molar-refractivity contribution in [1.82, 2.24) is 19.2 Å². The van der Waals surface area contributed by atoms with Gasteiger partial charge >= 0.3 is 0 Å². The number of hydrogen-bond acceptors (Lipinski definition) is 2. The molecule has 0 radical (unpaired) electrons. The van der Waals surface area contributed by atoms with E-state index in [1.807, 2.05) is 24.9 Å². The maximum atomic E-state index is 12.6. The maximum Gasteiger partial charge on any atom is 0.257 e. The summed E-state index contributed by atoms with van der Waals surface area (Å²) in [6.07, 6.45) is 3.74. The number of fused-ring (bicyclic) bond motifs is 1. The maximum absolute atomic E-state index is 12.6. The van der Waals surface area contributed by atoms with Gasteiger partial charge in [-0.3, -0.25) is 9.48 Å². The van der Waals surface area contributed by atoms with Crippen molar-refractivity contribution in [2.24, 2.45) is 7.05 Å². The van der Waals surface area contributed by atoms with Gasteiger partial charge in [-0.2, -0.15) is 5.10 Å². The molecule has 0 saturated carbocycles. The predicted octanol–water partition coefficient (Wildman–Crippen LogP) is 1.75. The van der Waals surface area contributed by atoms with Gasteiger partial charge in [0.2, 0.25) is 0 Å². The van der Waals surface area contributed by atoms with Crippen LogP contribution in [-0.2, 0) is 13.6 Å². The SMILES string of the molecule is Cc1c(C(=O)N2CCn3cccc3C2C)cnn1C. The van der Waals surface area contributed by atoms with E-state index in [1.54, 1.807) is 10.9 Å². The highest BCUT2D eigenvalue weighted by atomic mass is 16.2. The number of aryl methyl sites for hydroxylation is 1. The summed E-state index contributed by atoms with van der Waals surface area (Å²) in [6, 6.07) is 4.23. The van der Waals surface area contributed by atoms with Crippen LogP contribution < -0.4 is 0 Å². The van der Waals surface area contributed by atoms with E-state index in [2.05, 4.69) is 28.9 Å². The van der Waals surface area contributed by atoms with E-state index in [0.717, 1.165) is 18.8 Å². The van der Waals surface area contributed by atoms with Crippen LogP contribution >= 0.6 is 0 Å². The zero-order valence-electron chi connectivity index (χ0n) is 11.5. The van der Waals surface area contributed by atoms with Gasteiger partial charge in [0.1, 0.15) is 0 Å². The lowest BCUT2D eigenvalue weighted by Gasteiger charge is -2.34. The van der Waals surface area contributed by atoms with Gasteiger partial charge in [-0.1, -0.05) is 0 Å². The van der Waals surface area contributed by atoms with Gasteiger partial charge in [0.15, 0.2) is 0 Å². The highest BCUT2D eigenvalue weighted by Gasteiger charge is 2.29. The number of carbonyl (C=O) groups excluding carboxylic acids is 1. The van der Waals surface area contributed by atoms with Gasteiger partial charge in [-0.15, -0.1) is 0 Å². The summed E-state index contributed by atoms with van der Waals surface area (Å²) in [5, 5.41) is 4.16. The Morgan fingerprint density at radius 2 is 2.21 bits per heavy atom. The predicted molar refractivity (Wildman–Crippen MR) is 71.8 cm³/mol. The molecule has 3 heterocycles. The Balaban J connectivity index is 1.92. The van der Waals surface area contributed by atoms with Crippen molar-refractivity contribution >= 4 is 5.91 Å². The lowest BCUT2D eigenvalue weighted by Crippen LogP contribution is -2.40. The van der Waals surface area contributed by atoms with Crippen molar-refractivity contribution in [2.75, 3.05) is 6.54 Å². The summed E-state index contributed by atoms with van der Waals surface area (Å²) in [4.78, 5) is 14.6. The number of carbonyl (C=O) groups is 1. The molecule has 0 spiro atoms. The molecule has 3 rings (SSSR count). The van der Waals surface area contributed by atoms with E-state index in [0.29, 0.717) is 5.56 Å². The van der Waals surface area contributed by atoms with E-state index >= 15 is 0 Å². The molecule has 0 fully saturated rings. The molecule has 2 aromatic heterocycles. The molecule has 1 aliphatic rings. The topological polar surface area (TPSA) is 43.1 Å². The first-order chi connectivity index (χ1) is 9.09. The molecule has 1 atom stereocenters. The Kier molecular flexibility index (Phi) is 2.69. The van der Waals surface area contributed by atoms with Crippen LogP contribution in [0.3, 0.4) is 0 Å². The third-order valence-corrected chi connectivity index (χ3v) is 4.07. The van der Waals surface area contributed by atoms with E-state index in [-0.39, 0.29) is 11.9 Å². The van der Waals surface area contributed by atoms with Crippen LogP contribution in [0.25, 0.3) is 0 Å². The van der Waals surface area contributed by atoms with Gasteiger partial charge in [0.05, 0.1) is 17.8 Å². The van der Waals surface area contributed by atoms with Crippen molar-refractivity contribution in [3.05, 3.63) is 41.5 Å². The van der Waals surface area contributed by atoms with Crippen LogP contribution in [-0.4, -0.2) is 31.7 Å². The molecule has 0 saturated heterocycles. The van der Waals surface area contributed by atoms with Crippen LogP contribution in [0, 0.1) is 6.92 Å². The van der Waals surface area contributed by atoms with Gasteiger partial charge in [-0.25, -0.2) is 0 Å². The highest BCUT2D eigenvalue weighted by molar-refractivity contribution is 5.95. The average Bonchev–Trinajstić information content (AvgIpc) is 2.98. The molecular weight excluding hydrogens is 240 g/mol. The molecule has 100 valence electrons. The molecule has 1 unspecified atom stereocenters. The number of aromatic nitrogens is 3. The molecule has 0 aromatic carbocycles. The van der Waals surface area contributed by atoms with E-state index in [9.17, 15) is 4.79 Å².